The molecule has 17 heavy (non-hydrogen) atoms. The van der Waals surface area contributed by atoms with E-state index in [1.54, 1.807) is 0 Å². The minimum absolute atomic E-state index is 0.00287. The summed E-state index contributed by atoms with van der Waals surface area (Å²) in [6, 6.07) is 0. The molecule has 0 amide bonds. The summed E-state index contributed by atoms with van der Waals surface area (Å²) in [4.78, 5) is 0. The highest BCUT2D eigenvalue weighted by Crippen LogP contribution is 2.13. The highest BCUT2D eigenvalue weighted by atomic mass is 16.7. The first-order chi connectivity index (χ1) is 8.43. The van der Waals surface area contributed by atoms with Gasteiger partial charge < -0.3 is 19.3 Å². The van der Waals surface area contributed by atoms with Crippen molar-refractivity contribution in [3.63, 3.8) is 0 Å². The molecule has 0 aromatic carbocycles. The van der Waals surface area contributed by atoms with Gasteiger partial charge >= 0.3 is 0 Å². The van der Waals surface area contributed by atoms with Gasteiger partial charge in [-0.15, -0.1) is 0 Å². The molecule has 0 aliphatic carbocycles. The van der Waals surface area contributed by atoms with Gasteiger partial charge in [0.2, 0.25) is 0 Å². The van der Waals surface area contributed by atoms with Gasteiger partial charge in [-0.3, -0.25) is 0 Å². The Morgan fingerprint density at radius 3 is 2.65 bits per heavy atom. The van der Waals surface area contributed by atoms with Crippen molar-refractivity contribution in [2.75, 3.05) is 33.0 Å². The normalized spacial score (nSPS) is 20.6. The van der Waals surface area contributed by atoms with Crippen LogP contribution in [-0.4, -0.2) is 44.4 Å². The molecule has 1 unspecified atom stereocenters. The quantitative estimate of drug-likeness (QED) is 0.600. The van der Waals surface area contributed by atoms with Crippen LogP contribution in [0.25, 0.3) is 0 Å². The summed E-state index contributed by atoms with van der Waals surface area (Å²) < 4.78 is 16.5. The van der Waals surface area contributed by atoms with E-state index in [0.717, 1.165) is 51.7 Å². The number of hydrogen-bond acceptors (Lipinski definition) is 4. The Balaban J connectivity index is 1.75. The average molecular weight is 246 g/mol. The zero-order valence-corrected chi connectivity index (χ0v) is 10.7. The Kier molecular flexibility index (Phi) is 9.61. The number of aliphatic hydroxyl groups excluding tert-OH is 1. The van der Waals surface area contributed by atoms with Gasteiger partial charge in [0.1, 0.15) is 0 Å². The minimum atomic E-state index is -0.00287. The first-order valence-corrected chi connectivity index (χ1v) is 6.85. The standard InChI is InChI=1S/C13H26O4/c14-8-4-1-2-5-9-15-11-12-17-13-7-3-6-10-16-13/h13-14H,1-12H2. The molecule has 1 aliphatic heterocycles. The predicted molar refractivity (Wildman–Crippen MR) is 65.9 cm³/mol. The van der Waals surface area contributed by atoms with Gasteiger partial charge in [0, 0.05) is 19.8 Å². The molecule has 102 valence electrons. The van der Waals surface area contributed by atoms with Crippen LogP contribution in [0.3, 0.4) is 0 Å². The molecule has 1 atom stereocenters. The lowest BCUT2D eigenvalue weighted by Gasteiger charge is -2.22. The van der Waals surface area contributed by atoms with Crippen molar-refractivity contribution in [3.8, 4) is 0 Å². The van der Waals surface area contributed by atoms with Crippen molar-refractivity contribution in [3.05, 3.63) is 0 Å². The number of aliphatic hydroxyl groups is 1. The van der Waals surface area contributed by atoms with Gasteiger partial charge in [0.05, 0.1) is 13.2 Å². The number of rotatable bonds is 10. The molecule has 4 heteroatoms. The molecule has 0 bridgehead atoms. The van der Waals surface area contributed by atoms with Crippen LogP contribution in [0.5, 0.6) is 0 Å². The summed E-state index contributed by atoms with van der Waals surface area (Å²) in [6.07, 6.45) is 7.57. The van der Waals surface area contributed by atoms with E-state index in [1.807, 2.05) is 0 Å². The van der Waals surface area contributed by atoms with Crippen molar-refractivity contribution in [1.82, 2.24) is 0 Å². The zero-order valence-electron chi connectivity index (χ0n) is 10.7. The summed E-state index contributed by atoms with van der Waals surface area (Å²) in [7, 11) is 0. The molecule has 1 aliphatic rings. The first-order valence-electron chi connectivity index (χ1n) is 6.85. The second-order valence-corrected chi connectivity index (χ2v) is 4.42. The van der Waals surface area contributed by atoms with Gasteiger partial charge in [0.15, 0.2) is 6.29 Å². The first kappa shape index (κ1) is 14.9. The number of ether oxygens (including phenoxy) is 3. The highest BCUT2D eigenvalue weighted by Gasteiger charge is 2.13. The van der Waals surface area contributed by atoms with Crippen molar-refractivity contribution in [1.29, 1.82) is 0 Å². The third kappa shape index (κ3) is 8.55. The summed E-state index contributed by atoms with van der Waals surface area (Å²) in [5.74, 6) is 0. The summed E-state index contributed by atoms with van der Waals surface area (Å²) in [6.45, 7) is 3.20. The molecular formula is C13H26O4. The minimum Gasteiger partial charge on any atom is -0.396 e. The fraction of sp³-hybridized carbons (Fsp3) is 1.00. The third-order valence-corrected chi connectivity index (χ3v) is 2.87. The van der Waals surface area contributed by atoms with Crippen LogP contribution >= 0.6 is 0 Å². The molecule has 1 N–H and O–H groups in total. The maximum atomic E-state index is 8.60. The molecule has 1 fully saturated rings. The van der Waals surface area contributed by atoms with Crippen molar-refractivity contribution in [2.24, 2.45) is 0 Å². The molecule has 0 aromatic heterocycles. The van der Waals surface area contributed by atoms with Crippen LogP contribution < -0.4 is 0 Å². The van der Waals surface area contributed by atoms with E-state index in [-0.39, 0.29) is 6.29 Å². The molecule has 1 rings (SSSR count). The van der Waals surface area contributed by atoms with Crippen LogP contribution in [0.4, 0.5) is 0 Å². The fourth-order valence-corrected chi connectivity index (χ4v) is 1.85. The van der Waals surface area contributed by atoms with Gasteiger partial charge in [0.25, 0.3) is 0 Å². The Morgan fingerprint density at radius 1 is 1.00 bits per heavy atom. The van der Waals surface area contributed by atoms with E-state index in [9.17, 15) is 0 Å². The lowest BCUT2D eigenvalue weighted by atomic mass is 10.2. The molecule has 4 nitrogen and oxygen atoms in total. The topological polar surface area (TPSA) is 47.9 Å². The van der Waals surface area contributed by atoms with Crippen molar-refractivity contribution in [2.45, 2.75) is 51.2 Å². The number of unbranched alkanes of at least 4 members (excludes halogenated alkanes) is 3. The summed E-state index contributed by atoms with van der Waals surface area (Å²) >= 11 is 0. The van der Waals surface area contributed by atoms with Gasteiger partial charge in [-0.25, -0.2) is 0 Å². The maximum absolute atomic E-state index is 8.60. The molecule has 0 radical (unpaired) electrons. The Morgan fingerprint density at radius 2 is 1.88 bits per heavy atom. The van der Waals surface area contributed by atoms with Crippen LogP contribution in [0.1, 0.15) is 44.9 Å². The monoisotopic (exact) mass is 246 g/mol. The maximum Gasteiger partial charge on any atom is 0.157 e. The lowest BCUT2D eigenvalue weighted by Crippen LogP contribution is -2.24. The van der Waals surface area contributed by atoms with Crippen LogP contribution in [0.15, 0.2) is 0 Å². The Bertz CT molecular complexity index is 157. The second-order valence-electron chi connectivity index (χ2n) is 4.42. The van der Waals surface area contributed by atoms with Crippen LogP contribution in [-0.2, 0) is 14.2 Å². The average Bonchev–Trinajstić information content (AvgIpc) is 2.38. The van der Waals surface area contributed by atoms with E-state index in [2.05, 4.69) is 0 Å². The molecule has 0 spiro atoms. The van der Waals surface area contributed by atoms with Gasteiger partial charge in [-0.1, -0.05) is 12.8 Å². The Hall–Kier alpha value is -0.160. The van der Waals surface area contributed by atoms with E-state index < -0.39 is 0 Å². The molecule has 0 saturated carbocycles. The second kappa shape index (κ2) is 11.0. The zero-order chi connectivity index (χ0) is 12.2. The van der Waals surface area contributed by atoms with Crippen LogP contribution in [0.2, 0.25) is 0 Å². The largest absolute Gasteiger partial charge is 0.396 e. The molecule has 1 heterocycles. The molecule has 0 aromatic rings. The van der Waals surface area contributed by atoms with E-state index in [0.29, 0.717) is 19.8 Å². The predicted octanol–water partition coefficient (Wildman–Crippen LogP) is 2.10. The smallest absolute Gasteiger partial charge is 0.157 e. The van der Waals surface area contributed by atoms with Crippen molar-refractivity contribution < 1.29 is 19.3 Å². The highest BCUT2D eigenvalue weighted by molar-refractivity contribution is 4.53. The number of hydrogen-bond donors (Lipinski definition) is 1. The lowest BCUT2D eigenvalue weighted by molar-refractivity contribution is -0.169. The van der Waals surface area contributed by atoms with Gasteiger partial charge in [-0.2, -0.15) is 0 Å². The summed E-state index contributed by atoms with van der Waals surface area (Å²) in [5, 5.41) is 8.60. The van der Waals surface area contributed by atoms with E-state index in [1.165, 1.54) is 6.42 Å². The van der Waals surface area contributed by atoms with E-state index in [4.69, 9.17) is 19.3 Å². The van der Waals surface area contributed by atoms with Crippen LogP contribution in [0, 0.1) is 0 Å². The van der Waals surface area contributed by atoms with Crippen molar-refractivity contribution >= 4 is 0 Å². The SMILES string of the molecule is OCCCCCCOCCOC1CCCCO1. The summed E-state index contributed by atoms with van der Waals surface area (Å²) in [5.41, 5.74) is 0. The van der Waals surface area contributed by atoms with E-state index >= 15 is 0 Å². The third-order valence-electron chi connectivity index (χ3n) is 2.87. The molecular weight excluding hydrogens is 220 g/mol. The van der Waals surface area contributed by atoms with Gasteiger partial charge in [-0.05, 0) is 32.1 Å². The Labute approximate surface area is 104 Å². The molecule has 1 saturated heterocycles. The fourth-order valence-electron chi connectivity index (χ4n) is 1.85.